The van der Waals surface area contributed by atoms with E-state index in [1.54, 1.807) is 30.0 Å². The van der Waals surface area contributed by atoms with Gasteiger partial charge in [-0.25, -0.2) is 0 Å². The van der Waals surface area contributed by atoms with Crippen LogP contribution in [0, 0.1) is 0 Å². The molecule has 5 nitrogen and oxygen atoms in total. The van der Waals surface area contributed by atoms with Crippen molar-refractivity contribution in [3.8, 4) is 11.5 Å². The summed E-state index contributed by atoms with van der Waals surface area (Å²) in [6, 6.07) is 26.6. The first-order valence-corrected chi connectivity index (χ1v) is 10.7. The number of nitrogens with zero attached hydrogens (tertiary/aromatic N) is 2. The first kappa shape index (κ1) is 19.2. The van der Waals surface area contributed by atoms with Gasteiger partial charge in [-0.05, 0) is 35.9 Å². The van der Waals surface area contributed by atoms with Crippen LogP contribution in [0.25, 0.3) is 0 Å². The SMILES string of the molecule is O=C(Nc1nnc(SCc2ccccc2)s1)c1cccc(Oc2ccccc2)c1. The van der Waals surface area contributed by atoms with Gasteiger partial charge in [0.1, 0.15) is 11.5 Å². The second kappa shape index (κ2) is 9.36. The number of carbonyl (C=O) groups excluding carboxylic acids is 1. The van der Waals surface area contributed by atoms with Crippen molar-refractivity contribution in [2.75, 3.05) is 5.32 Å². The van der Waals surface area contributed by atoms with Crippen LogP contribution in [-0.2, 0) is 5.75 Å². The highest BCUT2D eigenvalue weighted by atomic mass is 32.2. The Bertz CT molecular complexity index is 1090. The van der Waals surface area contributed by atoms with Crippen LogP contribution in [0.2, 0.25) is 0 Å². The van der Waals surface area contributed by atoms with Gasteiger partial charge in [0.05, 0.1) is 0 Å². The van der Waals surface area contributed by atoms with E-state index < -0.39 is 0 Å². The average Bonchev–Trinajstić information content (AvgIpc) is 3.21. The highest BCUT2D eigenvalue weighted by molar-refractivity contribution is 8.00. The monoisotopic (exact) mass is 419 g/mol. The molecule has 7 heteroatoms. The molecule has 144 valence electrons. The number of aromatic nitrogens is 2. The van der Waals surface area contributed by atoms with Crippen LogP contribution in [0.15, 0.2) is 89.3 Å². The first-order chi connectivity index (χ1) is 14.3. The fraction of sp³-hybridized carbons (Fsp3) is 0.0455. The van der Waals surface area contributed by atoms with Crippen LogP contribution < -0.4 is 10.1 Å². The van der Waals surface area contributed by atoms with Gasteiger partial charge < -0.3 is 4.74 Å². The van der Waals surface area contributed by atoms with Crippen molar-refractivity contribution in [2.45, 2.75) is 10.1 Å². The number of anilines is 1. The Morgan fingerprint density at radius 3 is 2.41 bits per heavy atom. The summed E-state index contributed by atoms with van der Waals surface area (Å²) in [5.74, 6) is 1.87. The third-order valence-corrected chi connectivity index (χ3v) is 5.95. The number of nitrogens with one attached hydrogen (secondary N) is 1. The minimum Gasteiger partial charge on any atom is -0.457 e. The number of benzene rings is 3. The van der Waals surface area contributed by atoms with E-state index in [1.165, 1.54) is 16.9 Å². The molecule has 3 aromatic carbocycles. The third kappa shape index (κ3) is 5.43. The van der Waals surface area contributed by atoms with E-state index in [1.807, 2.05) is 54.6 Å². The average molecular weight is 420 g/mol. The summed E-state index contributed by atoms with van der Waals surface area (Å²) in [4.78, 5) is 12.6. The van der Waals surface area contributed by atoms with Gasteiger partial charge in [-0.3, -0.25) is 10.1 Å². The Labute approximate surface area is 176 Å². The Morgan fingerprint density at radius 2 is 1.62 bits per heavy atom. The summed E-state index contributed by atoms with van der Waals surface area (Å²) >= 11 is 2.95. The first-order valence-electron chi connectivity index (χ1n) is 8.91. The van der Waals surface area contributed by atoms with Crippen LogP contribution >= 0.6 is 23.1 Å². The number of carbonyl (C=O) groups is 1. The maximum atomic E-state index is 12.6. The van der Waals surface area contributed by atoms with Crippen molar-refractivity contribution in [2.24, 2.45) is 0 Å². The molecule has 1 amide bonds. The Balaban J connectivity index is 1.37. The Morgan fingerprint density at radius 1 is 0.897 bits per heavy atom. The van der Waals surface area contributed by atoms with Gasteiger partial charge in [0.15, 0.2) is 4.34 Å². The van der Waals surface area contributed by atoms with E-state index in [9.17, 15) is 4.79 Å². The van der Waals surface area contributed by atoms with Crippen molar-refractivity contribution >= 4 is 34.1 Å². The summed E-state index contributed by atoms with van der Waals surface area (Å²) in [7, 11) is 0. The van der Waals surface area contributed by atoms with E-state index in [0.29, 0.717) is 22.2 Å². The summed E-state index contributed by atoms with van der Waals surface area (Å²) in [5.41, 5.74) is 1.71. The van der Waals surface area contributed by atoms with Gasteiger partial charge in [0, 0.05) is 11.3 Å². The topological polar surface area (TPSA) is 64.1 Å². The summed E-state index contributed by atoms with van der Waals surface area (Å²) in [6.07, 6.45) is 0. The van der Waals surface area contributed by atoms with Crippen molar-refractivity contribution in [3.05, 3.63) is 96.1 Å². The second-order valence-corrected chi connectivity index (χ2v) is 8.24. The summed E-state index contributed by atoms with van der Waals surface area (Å²) in [6.45, 7) is 0. The molecule has 1 heterocycles. The number of rotatable bonds is 7. The smallest absolute Gasteiger partial charge is 0.257 e. The van der Waals surface area contributed by atoms with Crippen molar-refractivity contribution in [1.29, 1.82) is 0 Å². The molecule has 0 aliphatic carbocycles. The van der Waals surface area contributed by atoms with Crippen LogP contribution in [-0.4, -0.2) is 16.1 Å². The predicted molar refractivity (Wildman–Crippen MR) is 117 cm³/mol. The molecular weight excluding hydrogens is 402 g/mol. The zero-order valence-electron chi connectivity index (χ0n) is 15.3. The van der Waals surface area contributed by atoms with Gasteiger partial charge in [-0.15, -0.1) is 10.2 Å². The van der Waals surface area contributed by atoms with Gasteiger partial charge in [-0.2, -0.15) is 0 Å². The lowest BCUT2D eigenvalue weighted by atomic mass is 10.2. The van der Waals surface area contributed by atoms with Crippen molar-refractivity contribution in [1.82, 2.24) is 10.2 Å². The summed E-state index contributed by atoms with van der Waals surface area (Å²) < 4.78 is 6.60. The molecule has 1 aromatic heterocycles. The molecule has 0 bridgehead atoms. The van der Waals surface area contributed by atoms with Gasteiger partial charge in [0.25, 0.3) is 5.91 Å². The standard InChI is InChI=1S/C22H17N3O2S2/c26-20(17-10-7-13-19(14-17)27-18-11-5-2-6-12-18)23-21-24-25-22(29-21)28-15-16-8-3-1-4-9-16/h1-14H,15H2,(H,23,24,26). The number of hydrogen-bond donors (Lipinski definition) is 1. The molecule has 0 saturated carbocycles. The molecule has 29 heavy (non-hydrogen) atoms. The molecule has 0 fully saturated rings. The normalized spacial score (nSPS) is 10.5. The molecule has 0 unspecified atom stereocenters. The third-order valence-electron chi connectivity index (χ3n) is 3.91. The minimum absolute atomic E-state index is 0.251. The largest absolute Gasteiger partial charge is 0.457 e. The van der Waals surface area contributed by atoms with E-state index >= 15 is 0 Å². The lowest BCUT2D eigenvalue weighted by Gasteiger charge is -2.07. The van der Waals surface area contributed by atoms with E-state index in [2.05, 4.69) is 27.6 Å². The second-order valence-electron chi connectivity index (χ2n) is 6.04. The number of thioether (sulfide) groups is 1. The number of para-hydroxylation sites is 1. The highest BCUT2D eigenvalue weighted by Gasteiger charge is 2.12. The molecular formula is C22H17N3O2S2. The van der Waals surface area contributed by atoms with Crippen molar-refractivity contribution < 1.29 is 9.53 Å². The molecule has 1 N–H and O–H groups in total. The minimum atomic E-state index is -0.251. The molecule has 0 saturated heterocycles. The van der Waals surface area contributed by atoms with E-state index in [4.69, 9.17) is 4.74 Å². The Kier molecular flexibility index (Phi) is 6.19. The van der Waals surface area contributed by atoms with Gasteiger partial charge >= 0.3 is 0 Å². The van der Waals surface area contributed by atoms with Gasteiger partial charge in [-0.1, -0.05) is 77.7 Å². The molecule has 0 radical (unpaired) electrons. The maximum absolute atomic E-state index is 12.6. The quantitative estimate of drug-likeness (QED) is 0.300. The molecule has 4 rings (SSSR count). The number of amides is 1. The van der Waals surface area contributed by atoms with Crippen molar-refractivity contribution in [3.63, 3.8) is 0 Å². The molecule has 4 aromatic rings. The maximum Gasteiger partial charge on any atom is 0.257 e. The lowest BCUT2D eigenvalue weighted by Crippen LogP contribution is -2.11. The summed E-state index contributed by atoms with van der Waals surface area (Å²) in [5, 5.41) is 11.5. The number of ether oxygens (including phenoxy) is 1. The van der Waals surface area contributed by atoms with Crippen LogP contribution in [0.1, 0.15) is 15.9 Å². The van der Waals surface area contributed by atoms with Crippen LogP contribution in [0.3, 0.4) is 0 Å². The zero-order valence-corrected chi connectivity index (χ0v) is 17.0. The fourth-order valence-corrected chi connectivity index (χ4v) is 4.24. The van der Waals surface area contributed by atoms with Crippen LogP contribution in [0.5, 0.6) is 11.5 Å². The Hall–Kier alpha value is -3.16. The van der Waals surface area contributed by atoms with E-state index in [-0.39, 0.29) is 5.91 Å². The molecule has 0 aliphatic heterocycles. The molecule has 0 spiro atoms. The number of hydrogen-bond acceptors (Lipinski definition) is 6. The molecule has 0 atom stereocenters. The van der Waals surface area contributed by atoms with Crippen LogP contribution in [0.4, 0.5) is 5.13 Å². The predicted octanol–water partition coefficient (Wildman–Crippen LogP) is 5.88. The van der Waals surface area contributed by atoms with E-state index in [0.717, 1.165) is 10.1 Å². The highest BCUT2D eigenvalue weighted by Crippen LogP contribution is 2.29. The fourth-order valence-electron chi connectivity index (χ4n) is 2.53. The zero-order chi connectivity index (χ0) is 19.9. The lowest BCUT2D eigenvalue weighted by molar-refractivity contribution is 0.102. The molecule has 0 aliphatic rings. The van der Waals surface area contributed by atoms with Gasteiger partial charge in [0.2, 0.25) is 5.13 Å².